The number of carboxylic acids is 1. The van der Waals surface area contributed by atoms with Crippen LogP contribution in [0.15, 0.2) is 41.5 Å². The molecule has 2 aromatic rings. The Morgan fingerprint density at radius 3 is 2.75 bits per heavy atom. The Morgan fingerprint density at radius 2 is 2.08 bits per heavy atom. The molecule has 0 aliphatic heterocycles. The second-order valence-electron chi connectivity index (χ2n) is 4.71. The summed E-state index contributed by atoms with van der Waals surface area (Å²) in [7, 11) is 1.57. The van der Waals surface area contributed by atoms with Crippen molar-refractivity contribution in [3.8, 4) is 11.5 Å². The van der Waals surface area contributed by atoms with Crippen molar-refractivity contribution in [1.29, 1.82) is 0 Å². The smallest absolute Gasteiger partial charge is 0.335 e. The fourth-order valence-corrected chi connectivity index (χ4v) is 2.12. The summed E-state index contributed by atoms with van der Waals surface area (Å²) in [6.45, 7) is 2.41. The molecule has 0 fully saturated rings. The van der Waals surface area contributed by atoms with E-state index in [0.29, 0.717) is 28.8 Å². The molecule has 2 N–H and O–H groups in total. The average molecular weight is 349 g/mol. The van der Waals surface area contributed by atoms with Crippen LogP contribution >= 0.6 is 11.6 Å². The average Bonchev–Trinajstić information content (AvgIpc) is 2.57. The Bertz CT molecular complexity index is 762. The van der Waals surface area contributed by atoms with Gasteiger partial charge in [0.05, 0.1) is 36.2 Å². The Labute approximate surface area is 144 Å². The van der Waals surface area contributed by atoms with Crippen LogP contribution in [-0.4, -0.2) is 31.0 Å². The molecule has 0 unspecified atom stereocenters. The molecule has 0 aliphatic carbocycles. The molecule has 0 spiro atoms. The molecular weight excluding hydrogens is 332 g/mol. The van der Waals surface area contributed by atoms with Crippen LogP contribution in [0.4, 0.5) is 5.69 Å². The van der Waals surface area contributed by atoms with Crippen molar-refractivity contribution in [1.82, 2.24) is 0 Å². The summed E-state index contributed by atoms with van der Waals surface area (Å²) < 4.78 is 10.7. The van der Waals surface area contributed by atoms with E-state index < -0.39 is 5.97 Å². The fraction of sp³-hybridized carbons (Fsp3) is 0.176. The molecule has 0 bridgehead atoms. The summed E-state index contributed by atoms with van der Waals surface area (Å²) in [6.07, 6.45) is 1.58. The standard InChI is InChI=1S/C17H17ClN2O4/c1-3-24-16-8-11(4-7-15(16)23-2)10-19-20-14-9-12(17(21)22)5-6-13(14)18/h4-10,20H,3H2,1-2H3,(H,21,22)/b19-10-. The van der Waals surface area contributed by atoms with Crippen LogP contribution in [0, 0.1) is 0 Å². The zero-order valence-corrected chi connectivity index (χ0v) is 14.0. The van der Waals surface area contributed by atoms with Crippen molar-refractivity contribution in [3.05, 3.63) is 52.5 Å². The molecule has 2 aromatic carbocycles. The predicted octanol–water partition coefficient (Wildman–Crippen LogP) is 3.89. The van der Waals surface area contributed by atoms with Gasteiger partial charge in [0.15, 0.2) is 11.5 Å². The van der Waals surface area contributed by atoms with Crippen molar-refractivity contribution in [3.63, 3.8) is 0 Å². The van der Waals surface area contributed by atoms with Crippen LogP contribution in [0.3, 0.4) is 0 Å². The van der Waals surface area contributed by atoms with Crippen molar-refractivity contribution >= 4 is 29.5 Å². The lowest BCUT2D eigenvalue weighted by Crippen LogP contribution is -1.99. The third-order valence-corrected chi connectivity index (χ3v) is 3.43. The van der Waals surface area contributed by atoms with Gasteiger partial charge in [-0.15, -0.1) is 0 Å². The first-order valence-corrected chi connectivity index (χ1v) is 7.55. The normalized spacial score (nSPS) is 10.6. The minimum absolute atomic E-state index is 0.125. The molecule has 126 valence electrons. The molecule has 0 amide bonds. The van der Waals surface area contributed by atoms with Crippen LogP contribution in [0.1, 0.15) is 22.8 Å². The Hall–Kier alpha value is -2.73. The summed E-state index contributed by atoms with van der Waals surface area (Å²) in [4.78, 5) is 11.0. The van der Waals surface area contributed by atoms with E-state index in [-0.39, 0.29) is 5.56 Å². The van der Waals surface area contributed by atoms with Gasteiger partial charge in [-0.25, -0.2) is 4.79 Å². The first kappa shape index (κ1) is 17.6. The topological polar surface area (TPSA) is 80.2 Å². The van der Waals surface area contributed by atoms with Crippen molar-refractivity contribution < 1.29 is 19.4 Å². The number of hydrogen-bond donors (Lipinski definition) is 2. The SMILES string of the molecule is CCOc1cc(/C=N\Nc2cc(C(=O)O)ccc2Cl)ccc1OC. The van der Waals surface area contributed by atoms with Crippen LogP contribution < -0.4 is 14.9 Å². The second kappa shape index (κ2) is 8.21. The Morgan fingerprint density at radius 1 is 1.29 bits per heavy atom. The minimum atomic E-state index is -1.03. The largest absolute Gasteiger partial charge is 0.493 e. The second-order valence-corrected chi connectivity index (χ2v) is 5.12. The summed E-state index contributed by atoms with van der Waals surface area (Å²) in [5, 5.41) is 13.5. The molecule has 2 rings (SSSR count). The van der Waals surface area contributed by atoms with E-state index in [1.165, 1.54) is 18.2 Å². The van der Waals surface area contributed by atoms with E-state index in [1.807, 2.05) is 13.0 Å². The molecule has 0 saturated carbocycles. The highest BCUT2D eigenvalue weighted by atomic mass is 35.5. The highest BCUT2D eigenvalue weighted by Crippen LogP contribution is 2.27. The number of halogens is 1. The number of carboxylic acid groups (broad SMARTS) is 1. The van der Waals surface area contributed by atoms with Gasteiger partial charge in [0.1, 0.15) is 0 Å². The molecule has 0 radical (unpaired) electrons. The molecule has 0 aromatic heterocycles. The van der Waals surface area contributed by atoms with E-state index >= 15 is 0 Å². The van der Waals surface area contributed by atoms with Gasteiger partial charge < -0.3 is 14.6 Å². The first-order chi connectivity index (χ1) is 11.5. The van der Waals surface area contributed by atoms with Crippen LogP contribution in [0.2, 0.25) is 5.02 Å². The monoisotopic (exact) mass is 348 g/mol. The van der Waals surface area contributed by atoms with Crippen molar-refractivity contribution in [2.75, 3.05) is 19.1 Å². The zero-order valence-electron chi connectivity index (χ0n) is 13.2. The van der Waals surface area contributed by atoms with Gasteiger partial charge in [0, 0.05) is 0 Å². The summed E-state index contributed by atoms with van der Waals surface area (Å²) in [5.74, 6) is 0.226. The van der Waals surface area contributed by atoms with Gasteiger partial charge in [-0.2, -0.15) is 5.10 Å². The van der Waals surface area contributed by atoms with Crippen LogP contribution in [0.5, 0.6) is 11.5 Å². The van der Waals surface area contributed by atoms with E-state index in [1.54, 1.807) is 25.5 Å². The lowest BCUT2D eigenvalue weighted by Gasteiger charge is -2.09. The van der Waals surface area contributed by atoms with Crippen molar-refractivity contribution in [2.45, 2.75) is 6.92 Å². The molecule has 24 heavy (non-hydrogen) atoms. The number of ether oxygens (including phenoxy) is 2. The molecule has 7 heteroatoms. The number of rotatable bonds is 7. The number of nitrogens with zero attached hydrogens (tertiary/aromatic N) is 1. The third kappa shape index (κ3) is 4.39. The van der Waals surface area contributed by atoms with Gasteiger partial charge in [0.25, 0.3) is 0 Å². The minimum Gasteiger partial charge on any atom is -0.493 e. The number of hydrazone groups is 1. The number of aromatic carboxylic acids is 1. The quantitative estimate of drug-likeness (QED) is 0.586. The van der Waals surface area contributed by atoms with Crippen LogP contribution in [0.25, 0.3) is 0 Å². The maximum Gasteiger partial charge on any atom is 0.335 e. The molecule has 6 nitrogen and oxygen atoms in total. The molecular formula is C17H17ClN2O4. The Balaban J connectivity index is 2.16. The summed E-state index contributed by atoms with van der Waals surface area (Å²) >= 11 is 6.02. The van der Waals surface area contributed by atoms with Gasteiger partial charge in [-0.3, -0.25) is 5.43 Å². The fourth-order valence-electron chi connectivity index (χ4n) is 1.96. The third-order valence-electron chi connectivity index (χ3n) is 3.10. The van der Waals surface area contributed by atoms with Gasteiger partial charge in [0.2, 0.25) is 0 Å². The summed E-state index contributed by atoms with van der Waals surface area (Å²) in [6, 6.07) is 9.75. The van der Waals surface area contributed by atoms with Gasteiger partial charge in [-0.05, 0) is 48.9 Å². The lowest BCUT2D eigenvalue weighted by atomic mass is 10.2. The number of carbonyl (C=O) groups is 1. The number of benzene rings is 2. The number of hydrogen-bond acceptors (Lipinski definition) is 5. The maximum atomic E-state index is 11.0. The zero-order chi connectivity index (χ0) is 17.5. The van der Waals surface area contributed by atoms with E-state index in [9.17, 15) is 4.79 Å². The van der Waals surface area contributed by atoms with E-state index in [4.69, 9.17) is 26.2 Å². The van der Waals surface area contributed by atoms with E-state index in [2.05, 4.69) is 10.5 Å². The molecule has 0 saturated heterocycles. The highest BCUT2D eigenvalue weighted by molar-refractivity contribution is 6.33. The van der Waals surface area contributed by atoms with Crippen molar-refractivity contribution in [2.24, 2.45) is 5.10 Å². The molecule has 0 aliphatic rings. The van der Waals surface area contributed by atoms with Gasteiger partial charge >= 0.3 is 5.97 Å². The lowest BCUT2D eigenvalue weighted by molar-refractivity contribution is 0.0697. The maximum absolute atomic E-state index is 11.0. The first-order valence-electron chi connectivity index (χ1n) is 7.18. The molecule has 0 atom stereocenters. The highest BCUT2D eigenvalue weighted by Gasteiger charge is 2.07. The van der Waals surface area contributed by atoms with Crippen LogP contribution in [-0.2, 0) is 0 Å². The summed E-state index contributed by atoms with van der Waals surface area (Å²) in [5.41, 5.74) is 4.06. The van der Waals surface area contributed by atoms with Gasteiger partial charge in [-0.1, -0.05) is 11.6 Å². The Kier molecular flexibility index (Phi) is 6.03. The number of methoxy groups -OCH3 is 1. The van der Waals surface area contributed by atoms with E-state index in [0.717, 1.165) is 5.56 Å². The number of anilines is 1. The molecule has 0 heterocycles. The predicted molar refractivity (Wildman–Crippen MR) is 93.8 cm³/mol. The number of nitrogens with one attached hydrogen (secondary N) is 1.